The van der Waals surface area contributed by atoms with E-state index in [0.717, 1.165) is 44.9 Å². The molecule has 0 aliphatic carbocycles. The van der Waals surface area contributed by atoms with Crippen molar-refractivity contribution >= 4 is 13.7 Å². The molecule has 0 spiro atoms. The average molecular weight is 785 g/mol. The van der Waals surface area contributed by atoms with Gasteiger partial charge in [-0.3, -0.25) is 13.8 Å². The minimum Gasteiger partial charge on any atom is -0.391 e. The number of hydrogen-bond donors (Lipinski definition) is 4. The number of amides is 1. The van der Waals surface area contributed by atoms with E-state index < -0.39 is 20.0 Å². The van der Waals surface area contributed by atoms with Crippen LogP contribution in [0.15, 0.2) is 24.3 Å². The lowest BCUT2D eigenvalue weighted by atomic mass is 10.0. The van der Waals surface area contributed by atoms with Gasteiger partial charge in [-0.15, -0.1) is 0 Å². The Balaban J connectivity index is 4.12. The van der Waals surface area contributed by atoms with Crippen molar-refractivity contribution in [1.29, 1.82) is 0 Å². The van der Waals surface area contributed by atoms with Crippen LogP contribution in [-0.4, -0.2) is 47.8 Å². The normalized spacial score (nSPS) is 14.2. The van der Waals surface area contributed by atoms with Crippen molar-refractivity contribution in [2.75, 3.05) is 19.8 Å². The van der Waals surface area contributed by atoms with E-state index in [1.54, 1.807) is 0 Å². The molecule has 3 atom stereocenters. The summed E-state index contributed by atoms with van der Waals surface area (Å²) in [7, 11) is -4.32. The molecule has 54 heavy (non-hydrogen) atoms. The Morgan fingerprint density at radius 1 is 0.611 bits per heavy atom. The molecule has 1 amide bonds. The number of carbonyl (C=O) groups excluding carboxylic acids is 1. The van der Waals surface area contributed by atoms with Gasteiger partial charge in [-0.25, -0.2) is 4.57 Å². The second-order valence-corrected chi connectivity index (χ2v) is 17.1. The lowest BCUT2D eigenvalue weighted by Gasteiger charge is -2.25. The highest BCUT2D eigenvalue weighted by Crippen LogP contribution is 2.43. The van der Waals surface area contributed by atoms with E-state index in [0.29, 0.717) is 12.8 Å². The van der Waals surface area contributed by atoms with Crippen LogP contribution in [-0.2, 0) is 18.4 Å². The van der Waals surface area contributed by atoms with Crippen molar-refractivity contribution in [3.05, 3.63) is 24.3 Å². The van der Waals surface area contributed by atoms with Crippen LogP contribution in [0.1, 0.15) is 226 Å². The van der Waals surface area contributed by atoms with E-state index in [2.05, 4.69) is 43.5 Å². The lowest BCUT2D eigenvalue weighted by molar-refractivity contribution is -0.123. The summed E-state index contributed by atoms with van der Waals surface area (Å²) in [5, 5.41) is 13.8. The first-order valence-corrected chi connectivity index (χ1v) is 24.4. The maximum Gasteiger partial charge on any atom is 0.472 e. The number of nitrogens with two attached hydrogens (primary N) is 1. The first-order valence-electron chi connectivity index (χ1n) is 23.0. The van der Waals surface area contributed by atoms with Crippen molar-refractivity contribution in [2.24, 2.45) is 5.73 Å². The Morgan fingerprint density at radius 2 is 1.02 bits per heavy atom. The van der Waals surface area contributed by atoms with Crippen LogP contribution in [0.25, 0.3) is 0 Å². The van der Waals surface area contributed by atoms with Crippen LogP contribution in [0.3, 0.4) is 0 Å². The fourth-order valence-electron chi connectivity index (χ4n) is 6.81. The van der Waals surface area contributed by atoms with Gasteiger partial charge in [0.1, 0.15) is 0 Å². The number of allylic oxidation sites excluding steroid dienone is 4. The zero-order valence-electron chi connectivity index (χ0n) is 35.5. The van der Waals surface area contributed by atoms with E-state index in [1.165, 1.54) is 154 Å². The predicted molar refractivity (Wildman–Crippen MR) is 231 cm³/mol. The molecule has 0 aromatic rings. The summed E-state index contributed by atoms with van der Waals surface area (Å²) in [6, 6.07) is -0.775. The Morgan fingerprint density at radius 3 is 1.50 bits per heavy atom. The summed E-state index contributed by atoms with van der Waals surface area (Å²) in [4.78, 5) is 22.8. The predicted octanol–water partition coefficient (Wildman–Crippen LogP) is 12.9. The molecule has 8 nitrogen and oxygen atoms in total. The van der Waals surface area contributed by atoms with Crippen LogP contribution in [0.4, 0.5) is 0 Å². The number of aliphatic hydroxyl groups is 1. The molecule has 0 bridgehead atoms. The fraction of sp³-hybridized carbons (Fsp3) is 0.889. The molecule has 0 aromatic heterocycles. The number of phosphoric acid groups is 1. The van der Waals surface area contributed by atoms with E-state index in [9.17, 15) is 19.4 Å². The summed E-state index contributed by atoms with van der Waals surface area (Å²) in [6.45, 7) is 4.20. The van der Waals surface area contributed by atoms with E-state index in [4.69, 9.17) is 14.8 Å². The number of hydrogen-bond acceptors (Lipinski definition) is 6. The topological polar surface area (TPSA) is 131 Å². The molecule has 3 unspecified atom stereocenters. The van der Waals surface area contributed by atoms with Gasteiger partial charge in [-0.05, 0) is 44.9 Å². The number of carbonyl (C=O) groups is 1. The third-order valence-corrected chi connectivity index (χ3v) is 11.3. The molecular weight excluding hydrogens is 695 g/mol. The molecule has 0 rings (SSSR count). The zero-order valence-corrected chi connectivity index (χ0v) is 36.4. The van der Waals surface area contributed by atoms with Gasteiger partial charge in [0.2, 0.25) is 5.91 Å². The Hall–Kier alpha value is -1.02. The third-order valence-electron chi connectivity index (χ3n) is 10.3. The summed E-state index contributed by atoms with van der Waals surface area (Å²) in [6.07, 6.45) is 47.5. The minimum atomic E-state index is -4.32. The van der Waals surface area contributed by atoms with Crippen molar-refractivity contribution in [3.8, 4) is 0 Å². The van der Waals surface area contributed by atoms with E-state index in [1.807, 2.05) is 0 Å². The SMILES string of the molecule is CCCCC/C=C\C/C=C\CCCCCCCCCCCC(=O)NC(COP(=O)(O)OCCN)C(O)CCCCCCCCCCCCCCCCCC. The monoisotopic (exact) mass is 785 g/mol. The molecule has 5 N–H and O–H groups in total. The van der Waals surface area contributed by atoms with Crippen LogP contribution in [0, 0.1) is 0 Å². The standard InChI is InChI=1S/C45H89N2O6P/c1-3-5-7-9-11-13-15-17-19-21-22-23-25-27-29-31-33-35-37-39-45(49)47-43(42-53-54(50,51)52-41-40-46)44(48)38-36-34-32-30-28-26-24-20-18-16-14-12-10-8-6-4-2/h11,13,17,19,43-44,48H,3-10,12,14-16,18,20-42,46H2,1-2H3,(H,47,49)(H,50,51)/b13-11-,19-17-. The van der Waals surface area contributed by atoms with Gasteiger partial charge in [0.15, 0.2) is 0 Å². The molecule has 0 fully saturated rings. The molecular formula is C45H89N2O6P. The molecule has 0 aromatic carbocycles. The third kappa shape index (κ3) is 39.2. The summed E-state index contributed by atoms with van der Waals surface area (Å²) in [5.74, 6) is -0.165. The maximum absolute atomic E-state index is 12.8. The molecule has 0 saturated carbocycles. The Labute approximate surface area is 334 Å². The minimum absolute atomic E-state index is 0.0888. The van der Waals surface area contributed by atoms with Gasteiger partial charge in [0.25, 0.3) is 0 Å². The molecule has 320 valence electrons. The van der Waals surface area contributed by atoms with E-state index in [-0.39, 0.29) is 25.7 Å². The molecule has 0 saturated heterocycles. The van der Waals surface area contributed by atoms with Gasteiger partial charge in [0.05, 0.1) is 25.4 Å². The summed E-state index contributed by atoms with van der Waals surface area (Å²) >= 11 is 0. The van der Waals surface area contributed by atoms with Gasteiger partial charge in [0, 0.05) is 13.0 Å². The summed E-state index contributed by atoms with van der Waals surface area (Å²) < 4.78 is 22.2. The van der Waals surface area contributed by atoms with Crippen LogP contribution < -0.4 is 11.1 Å². The van der Waals surface area contributed by atoms with Gasteiger partial charge in [-0.1, -0.05) is 199 Å². The van der Waals surface area contributed by atoms with Gasteiger partial charge < -0.3 is 21.1 Å². The highest BCUT2D eigenvalue weighted by atomic mass is 31.2. The van der Waals surface area contributed by atoms with Crippen molar-refractivity contribution in [3.63, 3.8) is 0 Å². The number of phosphoric ester groups is 1. The van der Waals surface area contributed by atoms with Crippen molar-refractivity contribution in [2.45, 2.75) is 238 Å². The summed E-state index contributed by atoms with van der Waals surface area (Å²) in [5.41, 5.74) is 5.39. The highest BCUT2D eigenvalue weighted by Gasteiger charge is 2.27. The fourth-order valence-corrected chi connectivity index (χ4v) is 7.57. The Bertz CT molecular complexity index is 901. The van der Waals surface area contributed by atoms with Crippen LogP contribution in [0.5, 0.6) is 0 Å². The maximum atomic E-state index is 12.8. The molecule has 0 aliphatic heterocycles. The number of unbranched alkanes of at least 4 members (excludes halogenated alkanes) is 27. The Kier molecular flexibility index (Phi) is 40.8. The molecule has 0 radical (unpaired) electrons. The van der Waals surface area contributed by atoms with Gasteiger partial charge >= 0.3 is 7.82 Å². The van der Waals surface area contributed by atoms with Crippen molar-refractivity contribution in [1.82, 2.24) is 5.32 Å². The zero-order chi connectivity index (χ0) is 39.6. The first-order chi connectivity index (χ1) is 26.4. The lowest BCUT2D eigenvalue weighted by Crippen LogP contribution is -2.46. The van der Waals surface area contributed by atoms with Crippen LogP contribution in [0.2, 0.25) is 0 Å². The van der Waals surface area contributed by atoms with Gasteiger partial charge in [-0.2, -0.15) is 0 Å². The van der Waals surface area contributed by atoms with Crippen LogP contribution >= 0.6 is 7.82 Å². The number of aliphatic hydroxyl groups excluding tert-OH is 1. The quantitative estimate of drug-likeness (QED) is 0.0275. The highest BCUT2D eigenvalue weighted by molar-refractivity contribution is 7.47. The second-order valence-electron chi connectivity index (χ2n) is 15.6. The smallest absolute Gasteiger partial charge is 0.391 e. The molecule has 9 heteroatoms. The largest absolute Gasteiger partial charge is 0.472 e. The van der Waals surface area contributed by atoms with E-state index >= 15 is 0 Å². The second kappa shape index (κ2) is 41.6. The number of nitrogens with one attached hydrogen (secondary N) is 1. The number of rotatable bonds is 43. The first kappa shape index (κ1) is 53.0. The van der Waals surface area contributed by atoms with Crippen molar-refractivity contribution < 1.29 is 28.4 Å². The molecule has 0 heterocycles. The molecule has 0 aliphatic rings. The average Bonchev–Trinajstić information content (AvgIpc) is 3.16.